The van der Waals surface area contributed by atoms with Gasteiger partial charge in [0.05, 0.1) is 6.61 Å². The van der Waals surface area contributed by atoms with Crippen LogP contribution in [0.3, 0.4) is 0 Å². The van der Waals surface area contributed by atoms with Crippen molar-refractivity contribution in [3.63, 3.8) is 0 Å². The fraction of sp³-hybridized carbons (Fsp3) is 0.654. The van der Waals surface area contributed by atoms with Gasteiger partial charge in [0.2, 0.25) is 5.91 Å². The van der Waals surface area contributed by atoms with Crippen molar-refractivity contribution < 1.29 is 23.9 Å². The summed E-state index contributed by atoms with van der Waals surface area (Å²) in [7, 11) is 1.50. The zero-order valence-electron chi connectivity index (χ0n) is 23.1. The van der Waals surface area contributed by atoms with Crippen molar-refractivity contribution in [1.82, 2.24) is 10.2 Å². The van der Waals surface area contributed by atoms with Crippen molar-refractivity contribution in [2.75, 3.05) is 20.2 Å². The highest BCUT2D eigenvalue weighted by molar-refractivity contribution is 6.30. The third kappa shape index (κ3) is 12.3. The molecule has 8 nitrogen and oxygen atoms in total. The minimum Gasteiger partial charge on any atom is -0.465 e. The van der Waals surface area contributed by atoms with Crippen LogP contribution >= 0.6 is 11.6 Å². The normalized spacial score (nSPS) is 18.9. The van der Waals surface area contributed by atoms with Gasteiger partial charge in [-0.05, 0) is 65.8 Å². The van der Waals surface area contributed by atoms with Crippen LogP contribution in [-0.4, -0.2) is 60.8 Å². The summed E-state index contributed by atoms with van der Waals surface area (Å²) in [5.74, 6) is -0.953. The van der Waals surface area contributed by atoms with Crippen LogP contribution in [0.2, 0.25) is 5.02 Å². The van der Waals surface area contributed by atoms with Crippen LogP contribution in [0.5, 0.6) is 0 Å². The summed E-state index contributed by atoms with van der Waals surface area (Å²) in [4.78, 5) is 38.8. The first-order valence-corrected chi connectivity index (χ1v) is 12.7. The Morgan fingerprint density at radius 1 is 1.17 bits per heavy atom. The lowest BCUT2D eigenvalue weighted by Crippen LogP contribution is -2.59. The molecule has 0 spiro atoms. The van der Waals surface area contributed by atoms with Crippen molar-refractivity contribution in [3.8, 4) is 0 Å². The largest absolute Gasteiger partial charge is 0.465 e. The van der Waals surface area contributed by atoms with E-state index in [2.05, 4.69) is 11.1 Å². The van der Waals surface area contributed by atoms with Crippen LogP contribution in [0.15, 0.2) is 24.3 Å². The molecule has 3 unspecified atom stereocenters. The second-order valence-corrected chi connectivity index (χ2v) is 8.54. The maximum Gasteiger partial charge on any atom is 0.408 e. The Balaban J connectivity index is 0. The Morgan fingerprint density at radius 2 is 1.74 bits per heavy atom. The predicted molar refractivity (Wildman–Crippen MR) is 143 cm³/mol. The number of piperidine rings is 1. The van der Waals surface area contributed by atoms with Gasteiger partial charge in [-0.25, -0.2) is 4.79 Å². The van der Waals surface area contributed by atoms with Gasteiger partial charge < -0.3 is 25.4 Å². The monoisotopic (exact) mass is 515 g/mol. The molecule has 2 rings (SSSR count). The molecule has 35 heavy (non-hydrogen) atoms. The molecular formula is C26H46ClN3O5. The molecule has 1 aliphatic rings. The number of benzene rings is 1. The maximum atomic E-state index is 13.0. The smallest absolute Gasteiger partial charge is 0.408 e. The van der Waals surface area contributed by atoms with Crippen molar-refractivity contribution in [3.05, 3.63) is 34.9 Å². The van der Waals surface area contributed by atoms with E-state index in [0.717, 1.165) is 5.56 Å². The van der Waals surface area contributed by atoms with E-state index >= 15 is 0 Å². The second kappa shape index (κ2) is 18.0. The van der Waals surface area contributed by atoms with Gasteiger partial charge in [-0.1, -0.05) is 51.4 Å². The van der Waals surface area contributed by atoms with E-state index in [9.17, 15) is 14.4 Å². The number of hydrogen-bond donors (Lipinski definition) is 2. The Bertz CT molecular complexity index is 768. The molecule has 1 fully saturated rings. The van der Waals surface area contributed by atoms with E-state index in [0.29, 0.717) is 11.4 Å². The van der Waals surface area contributed by atoms with E-state index in [1.165, 1.54) is 11.9 Å². The maximum absolute atomic E-state index is 13.0. The molecule has 0 aromatic heterocycles. The third-order valence-electron chi connectivity index (χ3n) is 4.72. The number of likely N-dealkylation sites (tertiary alicyclic amines) is 1. The Labute approximate surface area is 216 Å². The quantitative estimate of drug-likeness (QED) is 0.526. The zero-order chi connectivity index (χ0) is 27.8. The molecule has 1 saturated heterocycles. The summed E-state index contributed by atoms with van der Waals surface area (Å²) in [5, 5.41) is 3.24. The van der Waals surface area contributed by atoms with E-state index in [4.69, 9.17) is 21.1 Å². The predicted octanol–water partition coefficient (Wildman–Crippen LogP) is 5.13. The van der Waals surface area contributed by atoms with E-state index < -0.39 is 23.7 Å². The molecule has 9 heteroatoms. The Hall–Kier alpha value is -2.32. The van der Waals surface area contributed by atoms with Gasteiger partial charge in [0.25, 0.3) is 0 Å². The number of esters is 1. The number of nitrogens with zero attached hydrogens (tertiary/aromatic N) is 1. The number of carbonyl (C=O) groups excluding carboxylic acids is 3. The molecule has 0 aliphatic carbocycles. The van der Waals surface area contributed by atoms with Crippen molar-refractivity contribution >= 4 is 29.6 Å². The lowest BCUT2D eigenvalue weighted by Gasteiger charge is -2.42. The molecule has 0 bridgehead atoms. The number of hydrogen-bond acceptors (Lipinski definition) is 6. The summed E-state index contributed by atoms with van der Waals surface area (Å²) in [6.07, 6.45) is -0.301. The minimum atomic E-state index is -0.820. The SMILES string of the molecule is CC.CC.CCOC(=O)CN1C(=O)C(NC(=O)OC(C)(C)C)CC(c2cccc(Cl)c2)C1C.CN. The van der Waals surface area contributed by atoms with E-state index in [1.807, 2.05) is 52.8 Å². The van der Waals surface area contributed by atoms with Gasteiger partial charge in [0, 0.05) is 17.0 Å². The van der Waals surface area contributed by atoms with Crippen LogP contribution in [0.4, 0.5) is 4.79 Å². The molecule has 1 aliphatic heterocycles. The van der Waals surface area contributed by atoms with Crippen molar-refractivity contribution in [2.45, 2.75) is 92.3 Å². The molecule has 2 amide bonds. The topological polar surface area (TPSA) is 111 Å². The molecule has 3 atom stereocenters. The first-order valence-electron chi connectivity index (χ1n) is 12.3. The molecule has 1 aromatic carbocycles. The number of ether oxygens (including phenoxy) is 2. The van der Waals surface area contributed by atoms with E-state index in [1.54, 1.807) is 33.8 Å². The zero-order valence-corrected chi connectivity index (χ0v) is 23.9. The summed E-state index contributed by atoms with van der Waals surface area (Å²) in [6, 6.07) is 6.28. The number of carbonyl (C=O) groups is 3. The van der Waals surface area contributed by atoms with Crippen molar-refractivity contribution in [1.29, 1.82) is 0 Å². The van der Waals surface area contributed by atoms with Gasteiger partial charge in [0.1, 0.15) is 18.2 Å². The molecule has 0 saturated carbocycles. The van der Waals surface area contributed by atoms with Gasteiger partial charge in [-0.15, -0.1) is 0 Å². The number of nitrogens with one attached hydrogen (secondary N) is 1. The standard InChI is InChI=1S/C21H29ClN2O5.2C2H6.CH5N/c1-6-28-18(25)12-24-13(2)16(14-8-7-9-15(22)10-14)11-17(19(24)26)23-20(27)29-21(3,4)5;3*1-2/h7-10,13,16-17H,6,11-12H2,1-5H3,(H,23,27);2*1-2H3;2H2,1H3. The number of nitrogens with two attached hydrogens (primary N) is 1. The number of halogens is 1. The van der Waals surface area contributed by atoms with Gasteiger partial charge >= 0.3 is 12.1 Å². The first kappa shape index (κ1) is 34.8. The number of amides is 2. The molecular weight excluding hydrogens is 470 g/mol. The highest BCUT2D eigenvalue weighted by Crippen LogP contribution is 2.34. The fourth-order valence-corrected chi connectivity index (χ4v) is 3.66. The van der Waals surface area contributed by atoms with Crippen LogP contribution in [0.25, 0.3) is 0 Å². The fourth-order valence-electron chi connectivity index (χ4n) is 3.46. The van der Waals surface area contributed by atoms with Crippen molar-refractivity contribution in [2.24, 2.45) is 5.73 Å². The van der Waals surface area contributed by atoms with Crippen LogP contribution in [0.1, 0.15) is 80.2 Å². The molecule has 1 aromatic rings. The average Bonchev–Trinajstić information content (AvgIpc) is 2.81. The highest BCUT2D eigenvalue weighted by atomic mass is 35.5. The molecule has 3 N–H and O–H groups in total. The van der Waals surface area contributed by atoms with Gasteiger partial charge in [-0.2, -0.15) is 0 Å². The molecule has 0 radical (unpaired) electrons. The third-order valence-corrected chi connectivity index (χ3v) is 4.95. The van der Waals surface area contributed by atoms with Gasteiger partial charge in [-0.3, -0.25) is 9.59 Å². The molecule has 202 valence electrons. The number of alkyl carbamates (subject to hydrolysis) is 1. The highest BCUT2D eigenvalue weighted by Gasteiger charge is 2.42. The lowest BCUT2D eigenvalue weighted by molar-refractivity contribution is -0.153. The first-order chi connectivity index (χ1) is 16.5. The number of rotatable bonds is 5. The van der Waals surface area contributed by atoms with Gasteiger partial charge in [0.15, 0.2) is 0 Å². The lowest BCUT2D eigenvalue weighted by atomic mass is 9.82. The molecule has 1 heterocycles. The Morgan fingerprint density at radius 3 is 2.23 bits per heavy atom. The van der Waals surface area contributed by atoms with Crippen LogP contribution in [-0.2, 0) is 19.1 Å². The minimum absolute atomic E-state index is 0.124. The average molecular weight is 516 g/mol. The van der Waals surface area contributed by atoms with Crippen LogP contribution < -0.4 is 11.1 Å². The summed E-state index contributed by atoms with van der Waals surface area (Å²) in [6.45, 7) is 16.9. The summed E-state index contributed by atoms with van der Waals surface area (Å²) < 4.78 is 10.3. The van der Waals surface area contributed by atoms with E-state index in [-0.39, 0.29) is 31.0 Å². The Kier molecular flexibility index (Phi) is 17.9. The summed E-state index contributed by atoms with van der Waals surface area (Å²) in [5.41, 5.74) is 4.74. The second-order valence-electron chi connectivity index (χ2n) is 8.11. The van der Waals surface area contributed by atoms with Crippen LogP contribution in [0, 0.1) is 0 Å². The summed E-state index contributed by atoms with van der Waals surface area (Å²) >= 11 is 6.15.